The molecule has 1 aromatic carbocycles. The summed E-state index contributed by atoms with van der Waals surface area (Å²) in [5, 5.41) is 8.28. The van der Waals surface area contributed by atoms with Crippen molar-refractivity contribution >= 4 is 26.2 Å². The molecule has 0 unspecified atom stereocenters. The van der Waals surface area contributed by atoms with Crippen molar-refractivity contribution in [1.29, 1.82) is 5.39 Å². The second-order valence-corrected chi connectivity index (χ2v) is 4.78. The molecule has 0 saturated heterocycles. The first-order chi connectivity index (χ1) is 7.54. The first-order valence-corrected chi connectivity index (χ1v) is 6.45. The Morgan fingerprint density at radius 3 is 2.00 bits per heavy atom. The van der Waals surface area contributed by atoms with E-state index in [1.54, 1.807) is 0 Å². The summed E-state index contributed by atoms with van der Waals surface area (Å²) >= 11 is 0. The Balaban J connectivity index is 0.000000437. The molecule has 0 amide bonds. The first kappa shape index (κ1) is 15.4. The molecule has 0 fully saturated rings. The Bertz CT molecular complexity index is 621. The average Bonchev–Trinajstić information content (AvgIpc) is 2.14. The van der Waals surface area contributed by atoms with Crippen LogP contribution < -0.4 is 0 Å². The van der Waals surface area contributed by atoms with Crippen molar-refractivity contribution in [3.63, 3.8) is 0 Å². The zero-order chi connectivity index (χ0) is 13.7. The normalized spacial score (nSPS) is 10.9. The van der Waals surface area contributed by atoms with E-state index in [0.29, 0.717) is 0 Å². The minimum absolute atomic E-state index is 0.0742. The van der Waals surface area contributed by atoms with Crippen LogP contribution >= 0.6 is 0 Å². The fraction of sp³-hybridized carbons (Fsp3) is 0. The summed E-state index contributed by atoms with van der Waals surface area (Å²) in [6.45, 7) is 0. The first-order valence-electron chi connectivity index (χ1n) is 3.65. The summed E-state index contributed by atoms with van der Waals surface area (Å²) in [5.74, 6) is 0. The van der Waals surface area contributed by atoms with Gasteiger partial charge in [-0.15, -0.1) is 0 Å². The van der Waals surface area contributed by atoms with Gasteiger partial charge >= 0.3 is 5.69 Å². The molecule has 0 aromatic heterocycles. The maximum Gasteiger partial charge on any atom is 0.386 e. The third-order valence-electron chi connectivity index (χ3n) is 1.23. The smallest absolute Gasteiger partial charge is 0.386 e. The third-order valence-corrected chi connectivity index (χ3v) is 2.08. The highest BCUT2D eigenvalue weighted by molar-refractivity contribution is 7.85. The van der Waals surface area contributed by atoms with Crippen LogP contribution in [0.3, 0.4) is 0 Å². The molecule has 11 heteroatoms. The van der Waals surface area contributed by atoms with Crippen LogP contribution in [0.2, 0.25) is 0 Å². The molecule has 0 aliphatic rings. The molecule has 0 saturated carbocycles. The molecular formula is C6H6N2O7S2. The van der Waals surface area contributed by atoms with E-state index in [1.165, 1.54) is 18.2 Å². The maximum atomic E-state index is 10.5. The van der Waals surface area contributed by atoms with Gasteiger partial charge in [-0.25, -0.2) is 8.42 Å². The third kappa shape index (κ3) is 8.25. The van der Waals surface area contributed by atoms with Gasteiger partial charge in [-0.05, 0) is 6.07 Å². The summed E-state index contributed by atoms with van der Waals surface area (Å²) in [5.41, 5.74) is 0.0742. The fourth-order valence-electron chi connectivity index (χ4n) is 0.706. The summed E-state index contributed by atoms with van der Waals surface area (Å²) in [6.07, 6.45) is 0. The molecule has 0 spiro atoms. The van der Waals surface area contributed by atoms with Gasteiger partial charge < -0.3 is 4.55 Å². The van der Waals surface area contributed by atoms with Gasteiger partial charge in [0.15, 0.2) is 4.98 Å². The molecule has 0 radical (unpaired) electrons. The molecule has 1 rings (SSSR count). The van der Waals surface area contributed by atoms with Gasteiger partial charge in [-0.1, -0.05) is 6.07 Å². The summed E-state index contributed by atoms with van der Waals surface area (Å²) < 4.78 is 62.5. The van der Waals surface area contributed by atoms with Gasteiger partial charge in [0, 0.05) is 6.07 Å². The van der Waals surface area contributed by atoms with Crippen LogP contribution in [0.4, 0.5) is 5.69 Å². The zero-order valence-corrected chi connectivity index (χ0v) is 9.59. The summed E-state index contributed by atoms with van der Waals surface area (Å²) in [7, 11) is -9.12. The topological polar surface area (TPSA) is 160 Å². The van der Waals surface area contributed by atoms with Gasteiger partial charge in [0.1, 0.15) is 4.90 Å². The van der Waals surface area contributed by atoms with Crippen LogP contribution in [0.15, 0.2) is 29.2 Å². The Morgan fingerprint density at radius 2 is 1.65 bits per heavy atom. The lowest BCUT2D eigenvalue weighted by molar-refractivity contribution is 0.366. The lowest BCUT2D eigenvalue weighted by Crippen LogP contribution is -1.96. The van der Waals surface area contributed by atoms with Crippen molar-refractivity contribution in [2.24, 2.45) is 0 Å². The molecule has 0 aliphatic heterocycles. The number of hydrogen-bond acceptors (Lipinski definition) is 6. The van der Waals surface area contributed by atoms with E-state index < -0.39 is 20.5 Å². The molecule has 94 valence electrons. The predicted octanol–water partition coefficient (Wildman–Crippen LogP) is 0.422. The van der Waals surface area contributed by atoms with Gasteiger partial charge in [-0.3, -0.25) is 9.11 Å². The Morgan fingerprint density at radius 1 is 1.18 bits per heavy atom. The average molecular weight is 282 g/mol. The Hall–Kier alpha value is -1.58. The molecule has 0 heterocycles. The van der Waals surface area contributed by atoms with Crippen LogP contribution in [0.1, 0.15) is 0 Å². The standard InChI is InChI=1S/C6H4N2O3S.H2O4S/c7-8-5-2-1-3-6(4-5)12(9,10)11;1-5(2,3)4/h1-4H;(H2,1,2,3,4). The van der Waals surface area contributed by atoms with Crippen molar-refractivity contribution in [2.75, 3.05) is 0 Å². The molecule has 0 atom stereocenters. The van der Waals surface area contributed by atoms with E-state index in [9.17, 15) is 8.42 Å². The van der Waals surface area contributed by atoms with Crippen molar-refractivity contribution in [3.05, 3.63) is 29.2 Å². The summed E-state index contributed by atoms with van der Waals surface area (Å²) in [6, 6.07) is 5.01. The van der Waals surface area contributed by atoms with E-state index in [2.05, 4.69) is 4.98 Å². The van der Waals surface area contributed by atoms with E-state index >= 15 is 0 Å². The largest absolute Gasteiger partial charge is 0.726 e. The van der Waals surface area contributed by atoms with E-state index in [0.717, 1.165) is 6.07 Å². The SMILES string of the molecule is N#[N+]c1cccc(S(=O)(=O)O)c1.O=S(=O)([O-])O. The second kappa shape index (κ2) is 5.66. The van der Waals surface area contributed by atoms with Gasteiger partial charge in [0.25, 0.3) is 10.1 Å². The molecule has 1 aromatic rings. The highest BCUT2D eigenvalue weighted by Gasteiger charge is 2.13. The van der Waals surface area contributed by atoms with Crippen molar-refractivity contribution in [2.45, 2.75) is 4.90 Å². The second-order valence-electron chi connectivity index (χ2n) is 2.50. The Labute approximate surface area is 96.7 Å². The summed E-state index contributed by atoms with van der Waals surface area (Å²) in [4.78, 5) is 2.48. The monoisotopic (exact) mass is 282 g/mol. The van der Waals surface area contributed by atoms with Crippen LogP contribution in [0, 0.1) is 5.39 Å². The fourth-order valence-corrected chi connectivity index (χ4v) is 1.23. The zero-order valence-electron chi connectivity index (χ0n) is 7.96. The van der Waals surface area contributed by atoms with E-state index in [1.807, 2.05) is 0 Å². The highest BCUT2D eigenvalue weighted by Crippen LogP contribution is 2.16. The molecule has 0 bridgehead atoms. The van der Waals surface area contributed by atoms with Crippen LogP contribution in [0.25, 0.3) is 4.98 Å². The van der Waals surface area contributed by atoms with Gasteiger partial charge in [0.05, 0.1) is 6.07 Å². The van der Waals surface area contributed by atoms with Crippen molar-refractivity contribution in [1.82, 2.24) is 0 Å². The van der Waals surface area contributed by atoms with Crippen molar-refractivity contribution < 1.29 is 30.5 Å². The number of diazo groups is 1. The lowest BCUT2D eigenvalue weighted by Gasteiger charge is -1.91. The van der Waals surface area contributed by atoms with Crippen molar-refractivity contribution in [3.8, 4) is 0 Å². The van der Waals surface area contributed by atoms with Gasteiger partial charge in [0.2, 0.25) is 15.8 Å². The minimum atomic E-state index is -4.92. The van der Waals surface area contributed by atoms with E-state index in [-0.39, 0.29) is 10.6 Å². The van der Waals surface area contributed by atoms with Crippen LogP contribution in [-0.4, -0.2) is 30.5 Å². The minimum Gasteiger partial charge on any atom is -0.726 e. The molecule has 0 aliphatic carbocycles. The molecular weight excluding hydrogens is 276 g/mol. The molecule has 17 heavy (non-hydrogen) atoms. The number of hydrogen-bond donors (Lipinski definition) is 2. The lowest BCUT2D eigenvalue weighted by atomic mass is 10.3. The van der Waals surface area contributed by atoms with Crippen LogP contribution in [-0.2, 0) is 20.5 Å². The van der Waals surface area contributed by atoms with Gasteiger partial charge in [-0.2, -0.15) is 8.42 Å². The Kier molecular flexibility index (Phi) is 5.13. The number of rotatable bonds is 1. The highest BCUT2D eigenvalue weighted by atomic mass is 32.3. The number of benzene rings is 1. The quantitative estimate of drug-likeness (QED) is 0.425. The van der Waals surface area contributed by atoms with E-state index in [4.69, 9.17) is 27.5 Å². The molecule has 2 N–H and O–H groups in total. The van der Waals surface area contributed by atoms with Crippen LogP contribution in [0.5, 0.6) is 0 Å². The number of nitrogens with zero attached hydrogens (tertiary/aromatic N) is 2. The predicted molar refractivity (Wildman–Crippen MR) is 53.3 cm³/mol. The molecule has 9 nitrogen and oxygen atoms in total. The maximum absolute atomic E-state index is 10.5.